The molecule has 0 unspecified atom stereocenters. The van der Waals surface area contributed by atoms with E-state index in [0.29, 0.717) is 5.56 Å². The molecule has 0 saturated heterocycles. The minimum absolute atomic E-state index is 0.107. The number of benzene rings is 2. The number of hydrogen-bond donors (Lipinski definition) is 2. The molecule has 2 N–H and O–H groups in total. The first kappa shape index (κ1) is 15.6. The minimum Gasteiger partial charge on any atom is -0.508 e. The van der Waals surface area contributed by atoms with Crippen molar-refractivity contribution < 1.29 is 19.4 Å². The van der Waals surface area contributed by atoms with Crippen molar-refractivity contribution in [1.29, 1.82) is 0 Å². The van der Waals surface area contributed by atoms with Crippen LogP contribution in [0, 0.1) is 0 Å². The second-order valence-corrected chi connectivity index (χ2v) is 4.79. The van der Waals surface area contributed by atoms with Crippen LogP contribution >= 0.6 is 0 Å². The summed E-state index contributed by atoms with van der Waals surface area (Å²) in [7, 11) is 1.27. The van der Waals surface area contributed by atoms with E-state index in [1.165, 1.54) is 7.11 Å². The van der Waals surface area contributed by atoms with Crippen molar-refractivity contribution in [2.45, 2.75) is 12.5 Å². The molecule has 1 atom stereocenters. The molecule has 22 heavy (non-hydrogen) atoms. The number of rotatable bonds is 5. The molecule has 0 saturated carbocycles. The molecule has 0 aliphatic carbocycles. The van der Waals surface area contributed by atoms with Gasteiger partial charge in [0.15, 0.2) is 0 Å². The van der Waals surface area contributed by atoms with Crippen LogP contribution in [0.3, 0.4) is 0 Å². The largest absolute Gasteiger partial charge is 0.508 e. The average molecular weight is 299 g/mol. The van der Waals surface area contributed by atoms with Crippen LogP contribution in [0.25, 0.3) is 0 Å². The summed E-state index contributed by atoms with van der Waals surface area (Å²) in [5.41, 5.74) is 1.19. The molecule has 2 rings (SSSR count). The third-order valence-corrected chi connectivity index (χ3v) is 3.18. The molecule has 0 aromatic heterocycles. The van der Waals surface area contributed by atoms with Gasteiger partial charge in [-0.05, 0) is 29.8 Å². The van der Waals surface area contributed by atoms with Crippen LogP contribution in [-0.4, -0.2) is 30.1 Å². The normalized spacial score (nSPS) is 11.5. The predicted octanol–water partition coefficient (Wildman–Crippen LogP) is 1.91. The topological polar surface area (TPSA) is 75.6 Å². The maximum Gasteiger partial charge on any atom is 0.328 e. The van der Waals surface area contributed by atoms with Crippen LogP contribution in [0.1, 0.15) is 15.9 Å². The Morgan fingerprint density at radius 3 is 2.50 bits per heavy atom. The van der Waals surface area contributed by atoms with E-state index in [0.717, 1.165) is 5.56 Å². The van der Waals surface area contributed by atoms with Gasteiger partial charge in [-0.3, -0.25) is 4.79 Å². The number of aromatic hydroxyl groups is 1. The second kappa shape index (κ2) is 7.26. The molecule has 2 aromatic rings. The third-order valence-electron chi connectivity index (χ3n) is 3.18. The van der Waals surface area contributed by atoms with Crippen LogP contribution in [0.2, 0.25) is 0 Å². The number of hydrogen-bond acceptors (Lipinski definition) is 4. The molecule has 5 nitrogen and oxygen atoms in total. The number of methoxy groups -OCH3 is 1. The van der Waals surface area contributed by atoms with E-state index < -0.39 is 12.0 Å². The standard InChI is InChI=1S/C17H17NO4/c1-22-17(21)15(11-12-6-5-9-14(19)10-12)18-16(20)13-7-3-2-4-8-13/h2-10,15,19H,11H2,1H3,(H,18,20)/t15-/m0/s1. The molecular formula is C17H17NO4. The summed E-state index contributed by atoms with van der Waals surface area (Å²) in [5.74, 6) is -0.778. The first-order chi connectivity index (χ1) is 10.6. The lowest BCUT2D eigenvalue weighted by molar-refractivity contribution is -0.142. The molecule has 0 bridgehead atoms. The lowest BCUT2D eigenvalue weighted by Gasteiger charge is -2.16. The number of amides is 1. The van der Waals surface area contributed by atoms with Crippen molar-refractivity contribution in [1.82, 2.24) is 5.32 Å². The SMILES string of the molecule is COC(=O)[C@H](Cc1cccc(O)c1)NC(=O)c1ccccc1. The molecule has 0 spiro atoms. The summed E-state index contributed by atoms with van der Waals surface area (Å²) >= 11 is 0. The molecule has 2 aromatic carbocycles. The maximum atomic E-state index is 12.2. The zero-order valence-electron chi connectivity index (χ0n) is 12.2. The highest BCUT2D eigenvalue weighted by atomic mass is 16.5. The zero-order valence-corrected chi connectivity index (χ0v) is 12.2. The molecule has 0 aliphatic rings. The average Bonchev–Trinajstić information content (AvgIpc) is 2.54. The Bertz CT molecular complexity index is 655. The Labute approximate surface area is 128 Å². The predicted molar refractivity (Wildman–Crippen MR) is 81.5 cm³/mol. The van der Waals surface area contributed by atoms with Gasteiger partial charge in [-0.25, -0.2) is 4.79 Å². The van der Waals surface area contributed by atoms with E-state index in [1.54, 1.807) is 54.6 Å². The van der Waals surface area contributed by atoms with Gasteiger partial charge in [-0.1, -0.05) is 30.3 Å². The fourth-order valence-corrected chi connectivity index (χ4v) is 2.09. The van der Waals surface area contributed by atoms with Crippen molar-refractivity contribution in [2.24, 2.45) is 0 Å². The highest BCUT2D eigenvalue weighted by Gasteiger charge is 2.22. The first-order valence-corrected chi connectivity index (χ1v) is 6.82. The van der Waals surface area contributed by atoms with Gasteiger partial charge >= 0.3 is 5.97 Å². The van der Waals surface area contributed by atoms with Crippen LogP contribution in [0.5, 0.6) is 5.75 Å². The molecule has 1 amide bonds. The summed E-state index contributed by atoms with van der Waals surface area (Å²) in [4.78, 5) is 24.0. The van der Waals surface area contributed by atoms with Crippen LogP contribution in [-0.2, 0) is 16.0 Å². The van der Waals surface area contributed by atoms with E-state index in [1.807, 2.05) is 0 Å². The number of phenols is 1. The van der Waals surface area contributed by atoms with E-state index in [9.17, 15) is 14.7 Å². The number of carbonyl (C=O) groups excluding carboxylic acids is 2. The summed E-state index contributed by atoms with van der Waals surface area (Å²) in [5, 5.41) is 12.1. The summed E-state index contributed by atoms with van der Waals surface area (Å²) < 4.78 is 4.74. The van der Waals surface area contributed by atoms with Gasteiger partial charge in [-0.2, -0.15) is 0 Å². The van der Waals surface area contributed by atoms with Crippen molar-refractivity contribution in [3.8, 4) is 5.75 Å². The zero-order chi connectivity index (χ0) is 15.9. The Balaban J connectivity index is 2.13. The van der Waals surface area contributed by atoms with Crippen molar-refractivity contribution in [2.75, 3.05) is 7.11 Å². The van der Waals surface area contributed by atoms with Gasteiger partial charge in [0.05, 0.1) is 7.11 Å². The van der Waals surface area contributed by atoms with Crippen molar-refractivity contribution >= 4 is 11.9 Å². The van der Waals surface area contributed by atoms with Gasteiger partial charge in [0.25, 0.3) is 5.91 Å². The monoisotopic (exact) mass is 299 g/mol. The molecule has 0 fully saturated rings. The Kier molecular flexibility index (Phi) is 5.14. The highest BCUT2D eigenvalue weighted by molar-refractivity contribution is 5.96. The van der Waals surface area contributed by atoms with E-state index in [2.05, 4.69) is 5.32 Å². The third kappa shape index (κ3) is 4.09. The number of esters is 1. The lowest BCUT2D eigenvalue weighted by Crippen LogP contribution is -2.43. The van der Waals surface area contributed by atoms with Crippen molar-refractivity contribution in [3.63, 3.8) is 0 Å². The van der Waals surface area contributed by atoms with Gasteiger partial charge < -0.3 is 15.2 Å². The summed E-state index contributed by atoms with van der Waals surface area (Å²) in [6.07, 6.45) is 0.236. The molecular weight excluding hydrogens is 282 g/mol. The van der Waals surface area contributed by atoms with Gasteiger partial charge in [0.1, 0.15) is 11.8 Å². The first-order valence-electron chi connectivity index (χ1n) is 6.82. The quantitative estimate of drug-likeness (QED) is 0.827. The molecule has 0 radical (unpaired) electrons. The summed E-state index contributed by atoms with van der Waals surface area (Å²) in [6.45, 7) is 0. The Morgan fingerprint density at radius 1 is 1.14 bits per heavy atom. The lowest BCUT2D eigenvalue weighted by atomic mass is 10.0. The minimum atomic E-state index is -0.820. The van der Waals surface area contributed by atoms with Crippen molar-refractivity contribution in [3.05, 3.63) is 65.7 Å². The van der Waals surface area contributed by atoms with E-state index in [-0.39, 0.29) is 18.1 Å². The summed E-state index contributed by atoms with van der Waals surface area (Å²) in [6, 6.07) is 14.3. The second-order valence-electron chi connectivity index (χ2n) is 4.79. The number of phenolic OH excluding ortho intramolecular Hbond substituents is 1. The van der Waals surface area contributed by atoms with Gasteiger partial charge in [0.2, 0.25) is 0 Å². The number of ether oxygens (including phenoxy) is 1. The number of carbonyl (C=O) groups is 2. The smallest absolute Gasteiger partial charge is 0.328 e. The van der Waals surface area contributed by atoms with Gasteiger partial charge in [-0.15, -0.1) is 0 Å². The molecule has 0 heterocycles. The molecule has 114 valence electrons. The van der Waals surface area contributed by atoms with E-state index >= 15 is 0 Å². The van der Waals surface area contributed by atoms with Crippen LogP contribution in [0.15, 0.2) is 54.6 Å². The van der Waals surface area contributed by atoms with E-state index in [4.69, 9.17) is 4.74 Å². The fourth-order valence-electron chi connectivity index (χ4n) is 2.09. The number of nitrogens with one attached hydrogen (secondary N) is 1. The van der Waals surface area contributed by atoms with Gasteiger partial charge in [0, 0.05) is 12.0 Å². The maximum absolute atomic E-state index is 12.2. The molecule has 5 heteroatoms. The highest BCUT2D eigenvalue weighted by Crippen LogP contribution is 2.13. The molecule has 0 aliphatic heterocycles. The fraction of sp³-hybridized carbons (Fsp3) is 0.176. The Hall–Kier alpha value is -2.82. The van der Waals surface area contributed by atoms with Crippen LogP contribution < -0.4 is 5.32 Å². The Morgan fingerprint density at radius 2 is 1.86 bits per heavy atom. The van der Waals surface area contributed by atoms with Crippen LogP contribution in [0.4, 0.5) is 0 Å².